The highest BCUT2D eigenvalue weighted by atomic mass is 35.5. The van der Waals surface area contributed by atoms with Crippen molar-refractivity contribution in [2.24, 2.45) is 5.92 Å². The van der Waals surface area contributed by atoms with Crippen LogP contribution in [-0.4, -0.2) is 53.1 Å². The first-order chi connectivity index (χ1) is 11.6. The maximum Gasteiger partial charge on any atom is 0.219 e. The summed E-state index contributed by atoms with van der Waals surface area (Å²) in [5.41, 5.74) is 5.74. The van der Waals surface area contributed by atoms with Crippen molar-refractivity contribution in [1.82, 2.24) is 9.88 Å². The summed E-state index contributed by atoms with van der Waals surface area (Å²) in [7, 11) is 1.52. The Morgan fingerprint density at radius 3 is 2.60 bits per heavy atom. The van der Waals surface area contributed by atoms with Crippen LogP contribution in [0.3, 0.4) is 0 Å². The van der Waals surface area contributed by atoms with E-state index < -0.39 is 5.60 Å². The van der Waals surface area contributed by atoms with E-state index in [1.807, 2.05) is 13.8 Å². The Morgan fingerprint density at radius 1 is 1.52 bits per heavy atom. The number of halogens is 1. The molecule has 0 spiro atoms. The molecule has 1 fully saturated rings. The fourth-order valence-corrected chi connectivity index (χ4v) is 3.84. The van der Waals surface area contributed by atoms with Gasteiger partial charge >= 0.3 is 0 Å². The zero-order valence-corrected chi connectivity index (χ0v) is 16.1. The van der Waals surface area contributed by atoms with E-state index >= 15 is 0 Å². The van der Waals surface area contributed by atoms with Gasteiger partial charge in [0.1, 0.15) is 11.6 Å². The number of Topliss-reactive ketones (excluding diaryl/α,β-unsaturated/α-hetero) is 1. The summed E-state index contributed by atoms with van der Waals surface area (Å²) in [6.07, 6.45) is 1.73. The average Bonchev–Trinajstić information content (AvgIpc) is 2.50. The molecule has 1 atom stereocenters. The third-order valence-corrected chi connectivity index (χ3v) is 4.98. The van der Waals surface area contributed by atoms with Gasteiger partial charge < -0.3 is 20.5 Å². The third kappa shape index (κ3) is 5.06. The molecular formula is C18H28ClN3O3. The smallest absolute Gasteiger partial charge is 0.219 e. The van der Waals surface area contributed by atoms with Gasteiger partial charge in [-0.15, -0.1) is 0 Å². The third-order valence-electron chi connectivity index (χ3n) is 4.68. The van der Waals surface area contributed by atoms with Gasteiger partial charge in [0.05, 0.1) is 23.7 Å². The lowest BCUT2D eigenvalue weighted by molar-refractivity contribution is -0.120. The number of hydrogen-bond donors (Lipinski definition) is 2. The number of ether oxygens (including phenoxy) is 1. The number of β-amino-alcohol motifs (C(OH)–C–C–N with tert-alkyl or cyclic N) is 1. The second-order valence-electron chi connectivity index (χ2n) is 7.47. The molecular weight excluding hydrogens is 342 g/mol. The van der Waals surface area contributed by atoms with Crippen LogP contribution in [0.25, 0.3) is 0 Å². The van der Waals surface area contributed by atoms with E-state index in [-0.39, 0.29) is 23.4 Å². The van der Waals surface area contributed by atoms with Crippen molar-refractivity contribution in [3.63, 3.8) is 0 Å². The summed E-state index contributed by atoms with van der Waals surface area (Å²) < 4.78 is 5.34. The van der Waals surface area contributed by atoms with Gasteiger partial charge in [0, 0.05) is 12.1 Å². The number of ketones is 1. The van der Waals surface area contributed by atoms with Crippen LogP contribution >= 0.6 is 11.6 Å². The molecule has 1 saturated heterocycles. The Hall–Kier alpha value is -1.37. The number of aliphatic hydroxyl groups is 1. The molecule has 0 bridgehead atoms. The molecule has 1 aliphatic rings. The molecule has 3 N–H and O–H groups in total. The largest absolute Gasteiger partial charge is 0.481 e. The summed E-state index contributed by atoms with van der Waals surface area (Å²) >= 11 is 6.14. The van der Waals surface area contributed by atoms with E-state index in [0.717, 1.165) is 25.9 Å². The lowest BCUT2D eigenvalue weighted by Gasteiger charge is -2.37. The molecule has 6 nitrogen and oxygen atoms in total. The number of nitrogen functional groups attached to an aromatic ring is 1. The second kappa shape index (κ2) is 7.89. The number of nitrogens with two attached hydrogens (primary N) is 1. The number of pyridine rings is 1. The predicted octanol–water partition coefficient (Wildman–Crippen LogP) is 2.48. The Labute approximate surface area is 154 Å². The SMILES string of the molecule is COc1nc(N)c(Cl)cc1C(C(C)=O)C1CCN(CC(C)(C)O)CC1. The van der Waals surface area contributed by atoms with Crippen molar-refractivity contribution in [1.29, 1.82) is 0 Å². The predicted molar refractivity (Wildman–Crippen MR) is 99.1 cm³/mol. The minimum absolute atomic E-state index is 0.0712. The van der Waals surface area contributed by atoms with Gasteiger partial charge in [-0.2, -0.15) is 4.98 Å². The number of anilines is 1. The number of likely N-dealkylation sites (tertiary alicyclic amines) is 1. The summed E-state index contributed by atoms with van der Waals surface area (Å²) in [6, 6.07) is 1.71. The Balaban J connectivity index is 2.21. The van der Waals surface area contributed by atoms with Crippen molar-refractivity contribution in [2.75, 3.05) is 32.5 Å². The van der Waals surface area contributed by atoms with E-state index in [9.17, 15) is 9.90 Å². The highest BCUT2D eigenvalue weighted by Gasteiger charge is 2.34. The molecule has 1 aromatic heterocycles. The first-order valence-electron chi connectivity index (χ1n) is 8.57. The summed E-state index contributed by atoms with van der Waals surface area (Å²) in [4.78, 5) is 18.8. The van der Waals surface area contributed by atoms with Crippen molar-refractivity contribution in [2.45, 2.75) is 45.1 Å². The maximum absolute atomic E-state index is 12.4. The summed E-state index contributed by atoms with van der Waals surface area (Å²) in [5, 5.41) is 10.3. The van der Waals surface area contributed by atoms with E-state index in [1.54, 1.807) is 13.0 Å². The summed E-state index contributed by atoms with van der Waals surface area (Å²) in [5.74, 6) is 0.503. The van der Waals surface area contributed by atoms with E-state index in [2.05, 4.69) is 9.88 Å². The second-order valence-corrected chi connectivity index (χ2v) is 7.88. The fourth-order valence-electron chi connectivity index (χ4n) is 3.68. The van der Waals surface area contributed by atoms with Crippen LogP contribution in [0.15, 0.2) is 6.07 Å². The van der Waals surface area contributed by atoms with Crippen LogP contribution in [-0.2, 0) is 4.79 Å². The molecule has 1 aliphatic heterocycles. The minimum atomic E-state index is -0.718. The maximum atomic E-state index is 12.4. The van der Waals surface area contributed by atoms with Gasteiger partial charge in [0.2, 0.25) is 5.88 Å². The Morgan fingerprint density at radius 2 is 2.12 bits per heavy atom. The van der Waals surface area contributed by atoms with Crippen molar-refractivity contribution in [3.05, 3.63) is 16.7 Å². The molecule has 0 aliphatic carbocycles. The highest BCUT2D eigenvalue weighted by Crippen LogP contribution is 2.39. The van der Waals surface area contributed by atoms with Crippen molar-refractivity contribution in [3.8, 4) is 5.88 Å². The van der Waals surface area contributed by atoms with Crippen LogP contribution in [0.2, 0.25) is 5.02 Å². The van der Waals surface area contributed by atoms with Crippen LogP contribution in [0, 0.1) is 5.92 Å². The number of aromatic nitrogens is 1. The molecule has 1 unspecified atom stereocenters. The Bertz CT molecular complexity index is 623. The molecule has 0 radical (unpaired) electrons. The van der Waals surface area contributed by atoms with E-state index in [1.165, 1.54) is 7.11 Å². The standard InChI is InChI=1S/C18H28ClN3O3/c1-11(23)15(13-9-14(19)16(20)21-17(13)25-4)12-5-7-22(8-6-12)10-18(2,3)24/h9,12,15,24H,5-8,10H2,1-4H3,(H2,20,21). The zero-order valence-electron chi connectivity index (χ0n) is 15.4. The number of methoxy groups -OCH3 is 1. The first kappa shape index (κ1) is 19.9. The quantitative estimate of drug-likeness (QED) is 0.800. The first-order valence-corrected chi connectivity index (χ1v) is 8.95. The number of carbonyl (C=O) groups is 1. The van der Waals surface area contributed by atoms with Gasteiger partial charge in [0.15, 0.2) is 0 Å². The average molecular weight is 370 g/mol. The monoisotopic (exact) mass is 369 g/mol. The van der Waals surface area contributed by atoms with Crippen LogP contribution < -0.4 is 10.5 Å². The molecule has 0 amide bonds. The zero-order chi connectivity index (χ0) is 18.8. The summed E-state index contributed by atoms with van der Waals surface area (Å²) in [6.45, 7) is 7.53. The Kier molecular flexibility index (Phi) is 6.30. The topological polar surface area (TPSA) is 88.7 Å². The lowest BCUT2D eigenvalue weighted by atomic mass is 9.78. The van der Waals surface area contributed by atoms with E-state index in [4.69, 9.17) is 22.1 Å². The van der Waals surface area contributed by atoms with Crippen LogP contribution in [0.4, 0.5) is 5.82 Å². The van der Waals surface area contributed by atoms with Crippen molar-refractivity contribution < 1.29 is 14.6 Å². The van der Waals surface area contributed by atoms with Gasteiger partial charge in [-0.3, -0.25) is 4.79 Å². The number of carbonyl (C=O) groups excluding carboxylic acids is 1. The lowest BCUT2D eigenvalue weighted by Crippen LogP contribution is -2.44. The van der Waals surface area contributed by atoms with E-state index in [0.29, 0.717) is 23.0 Å². The molecule has 140 valence electrons. The minimum Gasteiger partial charge on any atom is -0.481 e. The van der Waals surface area contributed by atoms with Gasteiger partial charge in [-0.25, -0.2) is 0 Å². The van der Waals surface area contributed by atoms with Gasteiger partial charge in [-0.05, 0) is 58.7 Å². The van der Waals surface area contributed by atoms with Crippen LogP contribution in [0.5, 0.6) is 5.88 Å². The molecule has 2 rings (SSSR count). The molecule has 2 heterocycles. The molecule has 25 heavy (non-hydrogen) atoms. The van der Waals surface area contributed by atoms with Crippen LogP contribution in [0.1, 0.15) is 45.1 Å². The number of nitrogens with zero attached hydrogens (tertiary/aromatic N) is 2. The number of rotatable bonds is 6. The molecule has 0 saturated carbocycles. The van der Waals surface area contributed by atoms with Gasteiger partial charge in [-0.1, -0.05) is 11.6 Å². The molecule has 7 heteroatoms. The molecule has 1 aromatic rings. The fraction of sp³-hybridized carbons (Fsp3) is 0.667. The highest BCUT2D eigenvalue weighted by molar-refractivity contribution is 6.32. The normalized spacial score (nSPS) is 18.2. The number of piperidine rings is 1. The van der Waals surface area contributed by atoms with Gasteiger partial charge in [0.25, 0.3) is 0 Å². The molecule has 0 aromatic carbocycles. The number of hydrogen-bond acceptors (Lipinski definition) is 6. The van der Waals surface area contributed by atoms with Crippen molar-refractivity contribution >= 4 is 23.2 Å².